The molecule has 0 heterocycles. The van der Waals surface area contributed by atoms with Crippen LogP contribution in [0, 0.1) is 0 Å². The first-order valence-electron chi connectivity index (χ1n) is 7.39. The Kier molecular flexibility index (Phi) is 6.72. The minimum absolute atomic E-state index is 0.0362. The summed E-state index contributed by atoms with van der Waals surface area (Å²) in [5.74, 6) is -0.661. The molecule has 0 spiro atoms. The number of benzene rings is 2. The van der Waals surface area contributed by atoms with E-state index in [1.165, 1.54) is 25.3 Å². The number of halogens is 2. The van der Waals surface area contributed by atoms with Gasteiger partial charge in [0.15, 0.2) is 18.1 Å². The lowest BCUT2D eigenvalue weighted by atomic mass is 10.2. The number of nitrogens with one attached hydrogen (secondary N) is 2. The molecular weight excluding hydrogens is 350 g/mol. The van der Waals surface area contributed by atoms with Gasteiger partial charge in [-0.15, -0.1) is 0 Å². The van der Waals surface area contributed by atoms with Crippen molar-refractivity contribution < 1.29 is 32.6 Å². The van der Waals surface area contributed by atoms with Crippen LogP contribution in [0.2, 0.25) is 0 Å². The van der Waals surface area contributed by atoms with Gasteiger partial charge in [-0.1, -0.05) is 18.2 Å². The van der Waals surface area contributed by atoms with Gasteiger partial charge < -0.3 is 14.2 Å². The number of alkyl halides is 2. The van der Waals surface area contributed by atoms with Gasteiger partial charge in [-0.3, -0.25) is 20.4 Å². The minimum atomic E-state index is -3.00. The van der Waals surface area contributed by atoms with Crippen molar-refractivity contribution >= 4 is 11.8 Å². The second-order valence-electron chi connectivity index (χ2n) is 4.85. The highest BCUT2D eigenvalue weighted by atomic mass is 19.3. The summed E-state index contributed by atoms with van der Waals surface area (Å²) >= 11 is 0. The average molecular weight is 366 g/mol. The third kappa shape index (κ3) is 5.62. The fraction of sp³-hybridized carbons (Fsp3) is 0.176. The summed E-state index contributed by atoms with van der Waals surface area (Å²) in [7, 11) is 1.47. The number of para-hydroxylation sites is 2. The quantitative estimate of drug-likeness (QED) is 0.734. The highest BCUT2D eigenvalue weighted by Gasteiger charge is 2.11. The van der Waals surface area contributed by atoms with Crippen molar-refractivity contribution in [3.05, 3.63) is 54.1 Å². The van der Waals surface area contributed by atoms with Crippen LogP contribution in [0.1, 0.15) is 10.4 Å². The molecule has 0 bridgehead atoms. The molecule has 26 heavy (non-hydrogen) atoms. The van der Waals surface area contributed by atoms with Gasteiger partial charge in [-0.05, 0) is 30.3 Å². The first-order valence-corrected chi connectivity index (χ1v) is 7.39. The lowest BCUT2D eigenvalue weighted by Gasteiger charge is -2.11. The van der Waals surface area contributed by atoms with E-state index in [-0.39, 0.29) is 17.9 Å². The lowest BCUT2D eigenvalue weighted by Crippen LogP contribution is -2.43. The zero-order valence-corrected chi connectivity index (χ0v) is 13.7. The molecule has 0 aliphatic carbocycles. The Labute approximate surface area is 147 Å². The van der Waals surface area contributed by atoms with E-state index in [0.29, 0.717) is 11.5 Å². The maximum absolute atomic E-state index is 12.2. The Hall–Kier alpha value is -3.36. The smallest absolute Gasteiger partial charge is 0.387 e. The summed E-state index contributed by atoms with van der Waals surface area (Å²) in [6.07, 6.45) is 0. The van der Waals surface area contributed by atoms with Gasteiger partial charge in [0.2, 0.25) is 0 Å². The number of carbonyl (C=O) groups excluding carboxylic acids is 2. The summed E-state index contributed by atoms with van der Waals surface area (Å²) in [5, 5.41) is 0. The zero-order valence-electron chi connectivity index (χ0n) is 13.7. The fourth-order valence-electron chi connectivity index (χ4n) is 1.93. The van der Waals surface area contributed by atoms with Gasteiger partial charge in [0.25, 0.3) is 11.8 Å². The predicted molar refractivity (Wildman–Crippen MR) is 87.2 cm³/mol. The highest BCUT2D eigenvalue weighted by molar-refractivity contribution is 5.95. The molecule has 9 heteroatoms. The van der Waals surface area contributed by atoms with Gasteiger partial charge in [0, 0.05) is 5.56 Å². The Morgan fingerprint density at radius 3 is 2.46 bits per heavy atom. The minimum Gasteiger partial charge on any atom is -0.493 e. The summed E-state index contributed by atoms with van der Waals surface area (Å²) in [5.41, 5.74) is 4.34. The molecule has 138 valence electrons. The maximum atomic E-state index is 12.2. The number of amides is 2. The van der Waals surface area contributed by atoms with Crippen LogP contribution in [0.3, 0.4) is 0 Å². The normalized spacial score (nSPS) is 10.2. The first kappa shape index (κ1) is 19.0. The van der Waals surface area contributed by atoms with E-state index in [9.17, 15) is 18.4 Å². The Bertz CT molecular complexity index is 770. The van der Waals surface area contributed by atoms with E-state index in [4.69, 9.17) is 9.47 Å². The van der Waals surface area contributed by atoms with Gasteiger partial charge in [0.1, 0.15) is 5.75 Å². The van der Waals surface area contributed by atoms with Crippen molar-refractivity contribution in [1.82, 2.24) is 10.9 Å². The summed E-state index contributed by atoms with van der Waals surface area (Å²) in [6.45, 7) is -3.37. The molecule has 0 fully saturated rings. The van der Waals surface area contributed by atoms with Crippen molar-refractivity contribution in [3.63, 3.8) is 0 Å². The van der Waals surface area contributed by atoms with Crippen LogP contribution in [0.25, 0.3) is 0 Å². The third-order valence-electron chi connectivity index (χ3n) is 3.06. The summed E-state index contributed by atoms with van der Waals surface area (Å²) in [6, 6.07) is 11.9. The maximum Gasteiger partial charge on any atom is 0.387 e. The molecule has 2 rings (SSSR count). The SMILES string of the molecule is COc1ccccc1OCC(=O)NNC(=O)c1cccc(OC(F)F)c1. The van der Waals surface area contributed by atoms with E-state index >= 15 is 0 Å². The monoisotopic (exact) mass is 366 g/mol. The van der Waals surface area contributed by atoms with Crippen LogP contribution in [-0.4, -0.2) is 32.1 Å². The predicted octanol–water partition coefficient (Wildman–Crippen LogP) is 2.14. The van der Waals surface area contributed by atoms with Crippen molar-refractivity contribution in [2.24, 2.45) is 0 Å². The molecule has 2 aromatic carbocycles. The Morgan fingerprint density at radius 2 is 1.77 bits per heavy atom. The van der Waals surface area contributed by atoms with Crippen LogP contribution in [0.5, 0.6) is 17.2 Å². The summed E-state index contributed by atoms with van der Waals surface area (Å²) < 4.78 is 39.0. The molecule has 2 amide bonds. The molecule has 2 N–H and O–H groups in total. The van der Waals surface area contributed by atoms with E-state index < -0.39 is 18.4 Å². The number of hydrazine groups is 1. The molecule has 0 radical (unpaired) electrons. The largest absolute Gasteiger partial charge is 0.493 e. The van der Waals surface area contributed by atoms with Gasteiger partial charge in [-0.25, -0.2) is 0 Å². The van der Waals surface area contributed by atoms with E-state index in [1.807, 2.05) is 0 Å². The second kappa shape index (κ2) is 9.21. The summed E-state index contributed by atoms with van der Waals surface area (Å²) in [4.78, 5) is 23.7. The van der Waals surface area contributed by atoms with Crippen LogP contribution in [0.15, 0.2) is 48.5 Å². The molecule has 0 aliphatic rings. The molecule has 2 aromatic rings. The van der Waals surface area contributed by atoms with Gasteiger partial charge >= 0.3 is 6.61 Å². The highest BCUT2D eigenvalue weighted by Crippen LogP contribution is 2.25. The second-order valence-corrected chi connectivity index (χ2v) is 4.85. The van der Waals surface area contributed by atoms with Crippen molar-refractivity contribution in [2.75, 3.05) is 13.7 Å². The third-order valence-corrected chi connectivity index (χ3v) is 3.06. The van der Waals surface area contributed by atoms with Crippen molar-refractivity contribution in [2.45, 2.75) is 6.61 Å². The number of hydrogen-bond acceptors (Lipinski definition) is 5. The van der Waals surface area contributed by atoms with Crippen LogP contribution < -0.4 is 25.1 Å². The van der Waals surface area contributed by atoms with E-state index in [2.05, 4.69) is 15.6 Å². The molecular formula is C17H16F2N2O5. The van der Waals surface area contributed by atoms with Crippen LogP contribution >= 0.6 is 0 Å². The lowest BCUT2D eigenvalue weighted by molar-refractivity contribution is -0.123. The molecule has 0 saturated heterocycles. The van der Waals surface area contributed by atoms with E-state index in [1.54, 1.807) is 24.3 Å². The van der Waals surface area contributed by atoms with Crippen molar-refractivity contribution in [3.8, 4) is 17.2 Å². The van der Waals surface area contributed by atoms with Crippen LogP contribution in [-0.2, 0) is 4.79 Å². The van der Waals surface area contributed by atoms with Crippen molar-refractivity contribution in [1.29, 1.82) is 0 Å². The average Bonchev–Trinajstić information content (AvgIpc) is 2.64. The van der Waals surface area contributed by atoms with Crippen LogP contribution in [0.4, 0.5) is 8.78 Å². The molecule has 0 saturated carbocycles. The number of hydrogen-bond donors (Lipinski definition) is 2. The standard InChI is InChI=1S/C17H16F2N2O5/c1-24-13-7-2-3-8-14(13)25-10-15(22)20-21-16(23)11-5-4-6-12(9-11)26-17(18)19/h2-9,17H,10H2,1H3,(H,20,22)(H,21,23). The molecule has 0 aliphatic heterocycles. The fourth-order valence-corrected chi connectivity index (χ4v) is 1.93. The topological polar surface area (TPSA) is 85.9 Å². The number of rotatable bonds is 7. The number of methoxy groups -OCH3 is 1. The molecule has 0 atom stereocenters. The van der Waals surface area contributed by atoms with Gasteiger partial charge in [0.05, 0.1) is 7.11 Å². The zero-order chi connectivity index (χ0) is 18.9. The Morgan fingerprint density at radius 1 is 1.04 bits per heavy atom. The molecule has 7 nitrogen and oxygen atoms in total. The molecule has 0 unspecified atom stereocenters. The molecule has 0 aromatic heterocycles. The Balaban J connectivity index is 1.84. The van der Waals surface area contributed by atoms with E-state index in [0.717, 1.165) is 6.07 Å². The number of carbonyl (C=O) groups is 2. The number of ether oxygens (including phenoxy) is 3. The van der Waals surface area contributed by atoms with Gasteiger partial charge in [-0.2, -0.15) is 8.78 Å². The first-order chi connectivity index (χ1) is 12.5.